The highest BCUT2D eigenvalue weighted by atomic mass is 35.5. The van der Waals surface area contributed by atoms with E-state index in [0.29, 0.717) is 10.6 Å². The molecule has 0 unspecified atom stereocenters. The van der Waals surface area contributed by atoms with Crippen molar-refractivity contribution in [2.24, 2.45) is 0 Å². The van der Waals surface area contributed by atoms with Gasteiger partial charge in [0.05, 0.1) is 5.02 Å². The highest BCUT2D eigenvalue weighted by molar-refractivity contribution is 6.33. The van der Waals surface area contributed by atoms with Gasteiger partial charge >= 0.3 is 0 Å². The number of carbonyl (C=O) groups excluding carboxylic acids is 1. The average molecular weight is 183 g/mol. The van der Waals surface area contributed by atoms with Gasteiger partial charge in [-0.25, -0.2) is 0 Å². The maximum atomic E-state index is 10.6. The molecule has 0 aliphatic rings. The Morgan fingerprint density at radius 3 is 2.83 bits per heavy atom. The van der Waals surface area contributed by atoms with Gasteiger partial charge in [0.25, 0.3) is 0 Å². The zero-order valence-electron chi connectivity index (χ0n) is 7.01. The third-order valence-electron chi connectivity index (χ3n) is 1.78. The Morgan fingerprint density at radius 1 is 1.50 bits per heavy atom. The molecule has 0 heterocycles. The molecule has 0 radical (unpaired) electrons. The summed E-state index contributed by atoms with van der Waals surface area (Å²) in [4.78, 5) is 10.6. The smallest absolute Gasteiger partial charge is 0.151 e. The Kier molecular flexibility index (Phi) is 3.30. The van der Waals surface area contributed by atoms with E-state index >= 15 is 0 Å². The summed E-state index contributed by atoms with van der Waals surface area (Å²) in [5.74, 6) is 0. The standard InChI is InChI=1S/C10H11ClO/c1-2-4-8-5-3-6-10(11)9(8)7-12/h3,5-7H,2,4H2,1H3. The van der Waals surface area contributed by atoms with Gasteiger partial charge in [0, 0.05) is 5.56 Å². The Labute approximate surface area is 77.4 Å². The van der Waals surface area contributed by atoms with Crippen LogP contribution in [0.5, 0.6) is 0 Å². The Bertz CT molecular complexity index is 281. The van der Waals surface area contributed by atoms with Crippen LogP contribution in [0.2, 0.25) is 5.02 Å². The molecule has 0 saturated heterocycles. The molecule has 0 bridgehead atoms. The summed E-state index contributed by atoms with van der Waals surface area (Å²) in [5, 5.41) is 0.552. The van der Waals surface area contributed by atoms with Gasteiger partial charge in [0.15, 0.2) is 6.29 Å². The van der Waals surface area contributed by atoms with Gasteiger partial charge < -0.3 is 0 Å². The van der Waals surface area contributed by atoms with Crippen molar-refractivity contribution in [1.29, 1.82) is 0 Å². The van der Waals surface area contributed by atoms with E-state index in [1.807, 2.05) is 12.1 Å². The molecule has 1 rings (SSSR count). The summed E-state index contributed by atoms with van der Waals surface area (Å²) < 4.78 is 0. The van der Waals surface area contributed by atoms with Gasteiger partial charge in [-0.15, -0.1) is 0 Å². The van der Waals surface area contributed by atoms with E-state index in [2.05, 4.69) is 6.92 Å². The molecule has 2 heteroatoms. The fourth-order valence-corrected chi connectivity index (χ4v) is 1.44. The summed E-state index contributed by atoms with van der Waals surface area (Å²) in [6, 6.07) is 5.56. The van der Waals surface area contributed by atoms with Crippen LogP contribution in [-0.4, -0.2) is 6.29 Å². The largest absolute Gasteiger partial charge is 0.298 e. The van der Waals surface area contributed by atoms with Crippen LogP contribution in [0.3, 0.4) is 0 Å². The molecule has 0 aliphatic heterocycles. The normalized spacial score (nSPS) is 9.83. The lowest BCUT2D eigenvalue weighted by atomic mass is 10.0. The predicted molar refractivity (Wildman–Crippen MR) is 50.8 cm³/mol. The first-order chi connectivity index (χ1) is 5.79. The molecule has 0 saturated carbocycles. The highest BCUT2D eigenvalue weighted by Crippen LogP contribution is 2.18. The van der Waals surface area contributed by atoms with Crippen molar-refractivity contribution in [3.63, 3.8) is 0 Å². The summed E-state index contributed by atoms with van der Waals surface area (Å²) in [6.07, 6.45) is 2.77. The van der Waals surface area contributed by atoms with E-state index in [4.69, 9.17) is 11.6 Å². The lowest BCUT2D eigenvalue weighted by molar-refractivity contribution is 0.112. The lowest BCUT2D eigenvalue weighted by Gasteiger charge is -2.03. The molecule has 64 valence electrons. The van der Waals surface area contributed by atoms with E-state index < -0.39 is 0 Å². The van der Waals surface area contributed by atoms with E-state index in [1.54, 1.807) is 6.07 Å². The van der Waals surface area contributed by atoms with Crippen molar-refractivity contribution in [2.45, 2.75) is 19.8 Å². The number of halogens is 1. The number of hydrogen-bond acceptors (Lipinski definition) is 1. The maximum Gasteiger partial charge on any atom is 0.151 e. The molecule has 1 aromatic rings. The van der Waals surface area contributed by atoms with Gasteiger partial charge in [-0.3, -0.25) is 4.79 Å². The molecule has 12 heavy (non-hydrogen) atoms. The molecule has 0 N–H and O–H groups in total. The van der Waals surface area contributed by atoms with Gasteiger partial charge in [-0.2, -0.15) is 0 Å². The molecule has 0 amide bonds. The van der Waals surface area contributed by atoms with Crippen molar-refractivity contribution in [3.05, 3.63) is 34.3 Å². The third-order valence-corrected chi connectivity index (χ3v) is 2.11. The number of aldehydes is 1. The van der Waals surface area contributed by atoms with Crippen LogP contribution in [-0.2, 0) is 6.42 Å². The predicted octanol–water partition coefficient (Wildman–Crippen LogP) is 3.11. The molecule has 0 aromatic heterocycles. The number of aryl methyl sites for hydroxylation is 1. The van der Waals surface area contributed by atoms with Gasteiger partial charge in [0.2, 0.25) is 0 Å². The van der Waals surface area contributed by atoms with Crippen LogP contribution < -0.4 is 0 Å². The van der Waals surface area contributed by atoms with Crippen molar-refractivity contribution < 1.29 is 4.79 Å². The topological polar surface area (TPSA) is 17.1 Å². The van der Waals surface area contributed by atoms with Crippen molar-refractivity contribution in [3.8, 4) is 0 Å². The molecule has 0 fully saturated rings. The molecular weight excluding hydrogens is 172 g/mol. The SMILES string of the molecule is CCCc1cccc(Cl)c1C=O. The van der Waals surface area contributed by atoms with Crippen molar-refractivity contribution in [2.75, 3.05) is 0 Å². The summed E-state index contributed by atoms with van der Waals surface area (Å²) in [5.41, 5.74) is 1.68. The number of carbonyl (C=O) groups is 1. The fourth-order valence-electron chi connectivity index (χ4n) is 1.20. The molecular formula is C10H11ClO. The second-order valence-corrected chi connectivity index (χ2v) is 3.09. The minimum absolute atomic E-state index is 0.552. The molecule has 1 aromatic carbocycles. The van der Waals surface area contributed by atoms with Gasteiger partial charge in [-0.05, 0) is 18.1 Å². The van der Waals surface area contributed by atoms with Crippen LogP contribution in [0.15, 0.2) is 18.2 Å². The lowest BCUT2D eigenvalue weighted by Crippen LogP contribution is -1.92. The zero-order valence-corrected chi connectivity index (χ0v) is 7.77. The second kappa shape index (κ2) is 4.27. The first-order valence-electron chi connectivity index (χ1n) is 4.02. The van der Waals surface area contributed by atoms with Gasteiger partial charge in [0.1, 0.15) is 0 Å². The molecule has 0 aliphatic carbocycles. The zero-order chi connectivity index (χ0) is 8.97. The van der Waals surface area contributed by atoms with E-state index in [9.17, 15) is 4.79 Å². The Hall–Kier alpha value is -0.820. The molecule has 1 nitrogen and oxygen atoms in total. The Balaban J connectivity index is 3.09. The first-order valence-corrected chi connectivity index (χ1v) is 4.40. The fraction of sp³-hybridized carbons (Fsp3) is 0.300. The van der Waals surface area contributed by atoms with Crippen LogP contribution in [0.1, 0.15) is 29.3 Å². The van der Waals surface area contributed by atoms with Crippen LogP contribution >= 0.6 is 11.6 Å². The van der Waals surface area contributed by atoms with Crippen LogP contribution in [0, 0.1) is 0 Å². The number of rotatable bonds is 3. The quantitative estimate of drug-likeness (QED) is 0.657. The minimum atomic E-state index is 0.552. The summed E-state index contributed by atoms with van der Waals surface area (Å²) in [7, 11) is 0. The molecule has 0 spiro atoms. The summed E-state index contributed by atoms with van der Waals surface area (Å²) in [6.45, 7) is 2.08. The van der Waals surface area contributed by atoms with Crippen molar-refractivity contribution >= 4 is 17.9 Å². The minimum Gasteiger partial charge on any atom is -0.298 e. The highest BCUT2D eigenvalue weighted by Gasteiger charge is 2.03. The Morgan fingerprint density at radius 2 is 2.25 bits per heavy atom. The first kappa shape index (κ1) is 9.27. The second-order valence-electron chi connectivity index (χ2n) is 2.68. The monoisotopic (exact) mass is 182 g/mol. The maximum absolute atomic E-state index is 10.6. The van der Waals surface area contributed by atoms with Crippen LogP contribution in [0.25, 0.3) is 0 Å². The van der Waals surface area contributed by atoms with Gasteiger partial charge in [-0.1, -0.05) is 37.1 Å². The summed E-state index contributed by atoms with van der Waals surface area (Å²) >= 11 is 5.83. The number of hydrogen-bond donors (Lipinski definition) is 0. The van der Waals surface area contributed by atoms with Crippen molar-refractivity contribution in [1.82, 2.24) is 0 Å². The number of benzene rings is 1. The average Bonchev–Trinajstić information content (AvgIpc) is 2.05. The van der Waals surface area contributed by atoms with E-state index in [0.717, 1.165) is 24.7 Å². The van der Waals surface area contributed by atoms with E-state index in [-0.39, 0.29) is 0 Å². The third kappa shape index (κ3) is 1.86. The van der Waals surface area contributed by atoms with E-state index in [1.165, 1.54) is 0 Å². The van der Waals surface area contributed by atoms with Crippen LogP contribution in [0.4, 0.5) is 0 Å². The molecule has 0 atom stereocenters.